The largest absolute Gasteiger partial charge is 0.346 e. The Morgan fingerprint density at radius 1 is 1.29 bits per heavy atom. The van der Waals surface area contributed by atoms with Crippen molar-refractivity contribution in [3.05, 3.63) is 62.6 Å². The Bertz CT molecular complexity index is 1190. The summed E-state index contributed by atoms with van der Waals surface area (Å²) in [5, 5.41) is 7.15. The number of H-pyrrole nitrogens is 1. The second-order valence-corrected chi connectivity index (χ2v) is 8.24. The molecule has 0 aromatic carbocycles. The van der Waals surface area contributed by atoms with Crippen LogP contribution in [0.3, 0.4) is 0 Å². The molecular weight excluding hydrogens is 392 g/mol. The summed E-state index contributed by atoms with van der Waals surface area (Å²) in [6.07, 6.45) is 5.50. The molecule has 0 aliphatic heterocycles. The fraction of sp³-hybridized carbons (Fsp3) is 0.435. The Labute approximate surface area is 181 Å². The van der Waals surface area contributed by atoms with Crippen LogP contribution in [0, 0.1) is 13.8 Å². The normalized spacial score (nSPS) is 13.4. The second-order valence-electron chi connectivity index (χ2n) is 8.24. The lowest BCUT2D eigenvalue weighted by Crippen LogP contribution is -2.30. The number of aromatic nitrogens is 5. The maximum absolute atomic E-state index is 13.2. The number of aryl methyl sites for hydroxylation is 3. The van der Waals surface area contributed by atoms with E-state index in [2.05, 4.69) is 27.3 Å². The SMILES string of the molecule is CCCc1cc(C)[nH]c(=O)c1CNC(=O)c1nc(C2CC2)nc(-c2ccnn2C)c1C. The number of aromatic amines is 1. The minimum absolute atomic E-state index is 0.155. The number of nitrogens with zero attached hydrogens (tertiary/aromatic N) is 4. The summed E-state index contributed by atoms with van der Waals surface area (Å²) in [7, 11) is 1.85. The summed E-state index contributed by atoms with van der Waals surface area (Å²) in [4.78, 5) is 37.9. The Morgan fingerprint density at radius 3 is 2.71 bits per heavy atom. The van der Waals surface area contributed by atoms with Gasteiger partial charge in [-0.15, -0.1) is 0 Å². The highest BCUT2D eigenvalue weighted by molar-refractivity contribution is 5.95. The molecule has 3 aromatic rings. The van der Waals surface area contributed by atoms with Gasteiger partial charge in [-0.25, -0.2) is 9.97 Å². The number of rotatable bonds is 7. The van der Waals surface area contributed by atoms with Gasteiger partial charge >= 0.3 is 0 Å². The van der Waals surface area contributed by atoms with Gasteiger partial charge in [-0.3, -0.25) is 14.3 Å². The van der Waals surface area contributed by atoms with E-state index in [1.807, 2.05) is 33.0 Å². The fourth-order valence-electron chi connectivity index (χ4n) is 3.86. The van der Waals surface area contributed by atoms with Gasteiger partial charge in [-0.1, -0.05) is 13.3 Å². The van der Waals surface area contributed by atoms with E-state index >= 15 is 0 Å². The van der Waals surface area contributed by atoms with E-state index in [-0.39, 0.29) is 18.0 Å². The Hall–Kier alpha value is -3.29. The van der Waals surface area contributed by atoms with E-state index in [0.29, 0.717) is 28.6 Å². The average Bonchev–Trinajstić information content (AvgIpc) is 3.49. The van der Waals surface area contributed by atoms with Crippen LogP contribution in [0.25, 0.3) is 11.4 Å². The minimum Gasteiger partial charge on any atom is -0.346 e. The summed E-state index contributed by atoms with van der Waals surface area (Å²) in [5.41, 5.74) is 4.87. The van der Waals surface area contributed by atoms with Crippen molar-refractivity contribution in [3.8, 4) is 11.4 Å². The predicted molar refractivity (Wildman–Crippen MR) is 118 cm³/mol. The molecule has 2 N–H and O–H groups in total. The maximum Gasteiger partial charge on any atom is 0.270 e. The van der Waals surface area contributed by atoms with Crippen molar-refractivity contribution in [2.75, 3.05) is 0 Å². The number of nitrogens with one attached hydrogen (secondary N) is 2. The van der Waals surface area contributed by atoms with Crippen LogP contribution in [0.15, 0.2) is 23.1 Å². The molecule has 0 bridgehead atoms. The molecule has 3 aromatic heterocycles. The van der Waals surface area contributed by atoms with E-state index < -0.39 is 0 Å². The number of carbonyl (C=O) groups is 1. The van der Waals surface area contributed by atoms with E-state index in [9.17, 15) is 9.59 Å². The van der Waals surface area contributed by atoms with Gasteiger partial charge in [0.2, 0.25) is 0 Å². The predicted octanol–water partition coefficient (Wildman–Crippen LogP) is 2.94. The number of pyridine rings is 1. The summed E-state index contributed by atoms with van der Waals surface area (Å²) < 4.78 is 1.75. The molecule has 1 saturated carbocycles. The molecule has 4 rings (SSSR count). The van der Waals surface area contributed by atoms with Crippen molar-refractivity contribution in [2.24, 2.45) is 7.05 Å². The van der Waals surface area contributed by atoms with Crippen LogP contribution in [-0.4, -0.2) is 30.6 Å². The van der Waals surface area contributed by atoms with Crippen LogP contribution < -0.4 is 10.9 Å². The van der Waals surface area contributed by atoms with Crippen LogP contribution in [0.5, 0.6) is 0 Å². The third kappa shape index (κ3) is 4.28. The summed E-state index contributed by atoms with van der Waals surface area (Å²) in [6.45, 7) is 5.96. The first-order valence-corrected chi connectivity index (χ1v) is 10.8. The van der Waals surface area contributed by atoms with Crippen LogP contribution in [-0.2, 0) is 20.0 Å². The quantitative estimate of drug-likeness (QED) is 0.611. The highest BCUT2D eigenvalue weighted by atomic mass is 16.2. The monoisotopic (exact) mass is 420 g/mol. The molecule has 1 aliphatic carbocycles. The molecule has 0 atom stereocenters. The van der Waals surface area contributed by atoms with E-state index in [0.717, 1.165) is 48.3 Å². The lowest BCUT2D eigenvalue weighted by Gasteiger charge is -2.14. The van der Waals surface area contributed by atoms with Crippen molar-refractivity contribution in [1.82, 2.24) is 30.0 Å². The van der Waals surface area contributed by atoms with Crippen LogP contribution in [0.2, 0.25) is 0 Å². The zero-order valence-corrected chi connectivity index (χ0v) is 18.5. The Kier molecular flexibility index (Phi) is 5.71. The first-order chi connectivity index (χ1) is 14.9. The molecule has 8 heteroatoms. The smallest absolute Gasteiger partial charge is 0.270 e. The summed E-state index contributed by atoms with van der Waals surface area (Å²) in [6, 6.07) is 3.87. The Morgan fingerprint density at radius 2 is 2.06 bits per heavy atom. The van der Waals surface area contributed by atoms with Gasteiger partial charge in [0, 0.05) is 42.5 Å². The number of hydrogen-bond acceptors (Lipinski definition) is 5. The maximum atomic E-state index is 13.2. The van der Waals surface area contributed by atoms with Crippen molar-refractivity contribution < 1.29 is 4.79 Å². The molecular formula is C23H28N6O2. The molecule has 0 saturated heterocycles. The molecule has 162 valence electrons. The van der Waals surface area contributed by atoms with Gasteiger partial charge in [0.25, 0.3) is 11.5 Å². The highest BCUT2D eigenvalue weighted by Crippen LogP contribution is 2.39. The zero-order valence-electron chi connectivity index (χ0n) is 18.5. The van der Waals surface area contributed by atoms with E-state index in [1.54, 1.807) is 10.9 Å². The van der Waals surface area contributed by atoms with Gasteiger partial charge in [0.05, 0.1) is 11.4 Å². The van der Waals surface area contributed by atoms with E-state index in [1.165, 1.54) is 0 Å². The lowest BCUT2D eigenvalue weighted by molar-refractivity contribution is 0.0944. The Balaban J connectivity index is 1.66. The van der Waals surface area contributed by atoms with Crippen molar-refractivity contribution in [2.45, 2.75) is 58.9 Å². The molecule has 1 amide bonds. The molecule has 0 spiro atoms. The zero-order chi connectivity index (χ0) is 22.1. The first-order valence-electron chi connectivity index (χ1n) is 10.8. The highest BCUT2D eigenvalue weighted by Gasteiger charge is 2.30. The molecule has 0 radical (unpaired) electrons. The average molecular weight is 421 g/mol. The van der Waals surface area contributed by atoms with Gasteiger partial charge < -0.3 is 10.3 Å². The minimum atomic E-state index is -0.298. The topological polar surface area (TPSA) is 106 Å². The lowest BCUT2D eigenvalue weighted by atomic mass is 10.0. The first kappa shape index (κ1) is 21.0. The van der Waals surface area contributed by atoms with Gasteiger partial charge in [-0.2, -0.15) is 5.10 Å². The standard InChI is InChI=1S/C23H28N6O2/c1-5-6-16-11-13(2)26-22(30)17(16)12-24-23(31)20-14(3)19(18-9-10-25-29(18)4)27-21(28-20)15-7-8-15/h9-11,15H,5-8,12H2,1-4H3,(H,24,31)(H,26,30). The fourth-order valence-corrected chi connectivity index (χ4v) is 3.86. The van der Waals surface area contributed by atoms with Crippen molar-refractivity contribution >= 4 is 5.91 Å². The van der Waals surface area contributed by atoms with Gasteiger partial charge in [0.1, 0.15) is 11.5 Å². The van der Waals surface area contributed by atoms with Crippen molar-refractivity contribution in [1.29, 1.82) is 0 Å². The number of hydrogen-bond donors (Lipinski definition) is 2. The van der Waals surface area contributed by atoms with Crippen LogP contribution in [0.4, 0.5) is 0 Å². The summed E-state index contributed by atoms with van der Waals surface area (Å²) in [5.74, 6) is 0.703. The molecule has 1 aliphatic rings. The third-order valence-electron chi connectivity index (χ3n) is 5.69. The van der Waals surface area contributed by atoms with E-state index in [4.69, 9.17) is 4.98 Å². The molecule has 3 heterocycles. The number of carbonyl (C=O) groups excluding carboxylic acids is 1. The van der Waals surface area contributed by atoms with Crippen molar-refractivity contribution in [3.63, 3.8) is 0 Å². The third-order valence-corrected chi connectivity index (χ3v) is 5.69. The molecule has 1 fully saturated rings. The second kappa shape index (κ2) is 8.45. The number of amides is 1. The van der Waals surface area contributed by atoms with Gasteiger partial charge in [0.15, 0.2) is 0 Å². The molecule has 8 nitrogen and oxygen atoms in total. The summed E-state index contributed by atoms with van der Waals surface area (Å²) >= 11 is 0. The molecule has 31 heavy (non-hydrogen) atoms. The van der Waals surface area contributed by atoms with Crippen LogP contribution in [0.1, 0.15) is 70.8 Å². The van der Waals surface area contributed by atoms with Crippen LogP contribution >= 0.6 is 0 Å². The molecule has 0 unspecified atom stereocenters. The van der Waals surface area contributed by atoms with Gasteiger partial charge in [-0.05, 0) is 50.8 Å².